The highest BCUT2D eigenvalue weighted by molar-refractivity contribution is 5.92. The second-order valence-electron chi connectivity index (χ2n) is 6.82. The van der Waals surface area contributed by atoms with E-state index < -0.39 is 6.09 Å². The number of pyridine rings is 1. The molecular weight excluding hydrogens is 348 g/mol. The van der Waals surface area contributed by atoms with Crippen molar-refractivity contribution in [3.05, 3.63) is 28.7 Å². The van der Waals surface area contributed by atoms with Gasteiger partial charge in [-0.1, -0.05) is 13.3 Å². The molecule has 1 aliphatic rings. The summed E-state index contributed by atoms with van der Waals surface area (Å²) in [5.41, 5.74) is -0.128. The highest BCUT2D eigenvalue weighted by atomic mass is 16.6. The molecule has 1 fully saturated rings. The molecule has 1 aliphatic carbocycles. The first kappa shape index (κ1) is 19.1. The second-order valence-corrected chi connectivity index (χ2v) is 6.82. The lowest BCUT2D eigenvalue weighted by Gasteiger charge is -2.15. The summed E-state index contributed by atoms with van der Waals surface area (Å²) in [5, 5.41) is 3.69. The number of rotatable bonds is 8. The van der Waals surface area contributed by atoms with Crippen LogP contribution >= 0.6 is 0 Å². The van der Waals surface area contributed by atoms with Gasteiger partial charge in [-0.2, -0.15) is 0 Å². The molecule has 0 atom stereocenters. The number of unbranched alkanes of at least 4 members (excludes halogenated alkanes) is 1. The topological polar surface area (TPSA) is 78.8 Å². The molecule has 7 heteroatoms. The Morgan fingerprint density at radius 3 is 2.41 bits per heavy atom. The number of hydrogen-bond donors (Lipinski definition) is 1. The Morgan fingerprint density at radius 2 is 1.81 bits per heavy atom. The standard InChI is InChI=1S/C20H26N2O5/c1-4-5-8-21-20(24)27-18-12-22(11-13-6-7-13)19(23)15-10-17(26-3)16(25-2)9-14(15)18/h9-10,12-13H,4-8,11H2,1-3H3,(H,21,24). The largest absolute Gasteiger partial charge is 0.493 e. The third-order valence-electron chi connectivity index (χ3n) is 4.71. The molecular formula is C20H26N2O5. The molecule has 0 aliphatic heterocycles. The molecule has 2 aromatic rings. The number of hydrogen-bond acceptors (Lipinski definition) is 5. The fourth-order valence-corrected chi connectivity index (χ4v) is 2.98. The number of ether oxygens (including phenoxy) is 3. The smallest absolute Gasteiger partial charge is 0.412 e. The van der Waals surface area contributed by atoms with Crippen LogP contribution in [0.5, 0.6) is 17.2 Å². The highest BCUT2D eigenvalue weighted by Crippen LogP contribution is 2.36. The Balaban J connectivity index is 2.04. The van der Waals surface area contributed by atoms with E-state index >= 15 is 0 Å². The number of benzene rings is 1. The Labute approximate surface area is 158 Å². The molecule has 1 N–H and O–H groups in total. The van der Waals surface area contributed by atoms with Crippen LogP contribution < -0.4 is 25.1 Å². The zero-order valence-corrected chi connectivity index (χ0v) is 16.0. The van der Waals surface area contributed by atoms with Crippen LogP contribution in [0.1, 0.15) is 32.6 Å². The predicted octanol–water partition coefficient (Wildman–Crippen LogP) is 3.32. The lowest BCUT2D eigenvalue weighted by Crippen LogP contribution is -2.29. The van der Waals surface area contributed by atoms with E-state index in [0.717, 1.165) is 25.7 Å². The quantitative estimate of drug-likeness (QED) is 0.717. The van der Waals surface area contributed by atoms with Crippen LogP contribution in [-0.2, 0) is 6.54 Å². The second kappa shape index (κ2) is 8.33. The third kappa shape index (κ3) is 4.35. The van der Waals surface area contributed by atoms with Crippen molar-refractivity contribution in [2.45, 2.75) is 39.2 Å². The average molecular weight is 374 g/mol. The maximum atomic E-state index is 12.9. The van der Waals surface area contributed by atoms with Gasteiger partial charge in [0.1, 0.15) is 0 Å². The van der Waals surface area contributed by atoms with Gasteiger partial charge in [-0.25, -0.2) is 4.79 Å². The number of fused-ring (bicyclic) bond motifs is 1. The molecule has 1 aromatic carbocycles. The van der Waals surface area contributed by atoms with E-state index in [1.165, 1.54) is 14.2 Å². The van der Waals surface area contributed by atoms with Gasteiger partial charge in [-0.3, -0.25) is 4.79 Å². The van der Waals surface area contributed by atoms with Crippen molar-refractivity contribution in [2.24, 2.45) is 5.92 Å². The number of amides is 1. The summed E-state index contributed by atoms with van der Waals surface area (Å²) in [6.07, 6.45) is 5.17. The van der Waals surface area contributed by atoms with E-state index in [9.17, 15) is 9.59 Å². The molecule has 27 heavy (non-hydrogen) atoms. The third-order valence-corrected chi connectivity index (χ3v) is 4.71. The highest BCUT2D eigenvalue weighted by Gasteiger charge is 2.24. The molecule has 0 radical (unpaired) electrons. The van der Waals surface area contributed by atoms with E-state index in [0.29, 0.717) is 47.0 Å². The first-order valence-corrected chi connectivity index (χ1v) is 9.32. The maximum absolute atomic E-state index is 12.9. The summed E-state index contributed by atoms with van der Waals surface area (Å²) in [6.45, 7) is 3.22. The molecule has 146 valence electrons. The summed E-state index contributed by atoms with van der Waals surface area (Å²) < 4.78 is 17.8. The summed E-state index contributed by atoms with van der Waals surface area (Å²) in [6, 6.07) is 3.31. The first-order chi connectivity index (χ1) is 13.1. The molecule has 0 spiro atoms. The van der Waals surface area contributed by atoms with Gasteiger partial charge in [-0.05, 0) is 37.3 Å². The van der Waals surface area contributed by atoms with Crippen molar-refractivity contribution in [1.82, 2.24) is 9.88 Å². The van der Waals surface area contributed by atoms with Gasteiger partial charge in [-0.15, -0.1) is 0 Å². The van der Waals surface area contributed by atoms with Crippen LogP contribution in [-0.4, -0.2) is 31.4 Å². The van der Waals surface area contributed by atoms with Crippen molar-refractivity contribution in [3.63, 3.8) is 0 Å². The molecule has 0 unspecified atom stereocenters. The van der Waals surface area contributed by atoms with Gasteiger partial charge >= 0.3 is 6.09 Å². The maximum Gasteiger partial charge on any atom is 0.412 e. The van der Waals surface area contributed by atoms with Gasteiger partial charge in [0.15, 0.2) is 17.2 Å². The van der Waals surface area contributed by atoms with E-state index in [4.69, 9.17) is 14.2 Å². The molecule has 1 saturated carbocycles. The van der Waals surface area contributed by atoms with Crippen molar-refractivity contribution in [3.8, 4) is 17.2 Å². The van der Waals surface area contributed by atoms with Crippen molar-refractivity contribution >= 4 is 16.9 Å². The normalized spacial score (nSPS) is 13.4. The first-order valence-electron chi connectivity index (χ1n) is 9.32. The number of carbonyl (C=O) groups is 1. The van der Waals surface area contributed by atoms with Crippen LogP contribution in [0.3, 0.4) is 0 Å². The van der Waals surface area contributed by atoms with E-state index in [2.05, 4.69) is 5.32 Å². The fourth-order valence-electron chi connectivity index (χ4n) is 2.98. The lowest BCUT2D eigenvalue weighted by molar-refractivity contribution is 0.200. The molecule has 0 bridgehead atoms. The van der Waals surface area contributed by atoms with E-state index in [-0.39, 0.29) is 5.56 Å². The zero-order valence-electron chi connectivity index (χ0n) is 16.0. The predicted molar refractivity (Wildman–Crippen MR) is 103 cm³/mol. The molecule has 1 amide bonds. The summed E-state index contributed by atoms with van der Waals surface area (Å²) in [4.78, 5) is 25.1. The lowest BCUT2D eigenvalue weighted by atomic mass is 10.1. The minimum absolute atomic E-state index is 0.128. The summed E-state index contributed by atoms with van der Waals surface area (Å²) >= 11 is 0. The van der Waals surface area contributed by atoms with E-state index in [1.54, 1.807) is 22.9 Å². The monoisotopic (exact) mass is 374 g/mol. The van der Waals surface area contributed by atoms with Gasteiger partial charge in [0.05, 0.1) is 25.8 Å². The number of methoxy groups -OCH3 is 2. The van der Waals surface area contributed by atoms with Crippen LogP contribution in [0.4, 0.5) is 4.79 Å². The van der Waals surface area contributed by atoms with Crippen LogP contribution in [0.25, 0.3) is 10.8 Å². The van der Waals surface area contributed by atoms with Crippen molar-refractivity contribution in [2.75, 3.05) is 20.8 Å². The fraction of sp³-hybridized carbons (Fsp3) is 0.500. The number of nitrogens with one attached hydrogen (secondary N) is 1. The van der Waals surface area contributed by atoms with Gasteiger partial charge in [0, 0.05) is 18.5 Å². The molecule has 1 heterocycles. The molecule has 7 nitrogen and oxygen atoms in total. The molecule has 0 saturated heterocycles. The van der Waals surface area contributed by atoms with Gasteiger partial charge in [0.2, 0.25) is 0 Å². The van der Waals surface area contributed by atoms with E-state index in [1.807, 2.05) is 6.92 Å². The van der Waals surface area contributed by atoms with Gasteiger partial charge < -0.3 is 24.1 Å². The van der Waals surface area contributed by atoms with Gasteiger partial charge in [0.25, 0.3) is 5.56 Å². The number of aromatic nitrogens is 1. The number of nitrogens with zero attached hydrogens (tertiary/aromatic N) is 1. The van der Waals surface area contributed by atoms with Crippen LogP contribution in [0.15, 0.2) is 23.1 Å². The Hall–Kier alpha value is -2.70. The summed E-state index contributed by atoms with van der Waals surface area (Å²) in [7, 11) is 3.05. The Morgan fingerprint density at radius 1 is 1.15 bits per heavy atom. The Bertz CT molecular complexity index is 886. The summed E-state index contributed by atoms with van der Waals surface area (Å²) in [5.74, 6) is 1.77. The minimum atomic E-state index is -0.531. The van der Waals surface area contributed by atoms with Crippen molar-refractivity contribution < 1.29 is 19.0 Å². The zero-order chi connectivity index (χ0) is 19.4. The van der Waals surface area contributed by atoms with Crippen molar-refractivity contribution in [1.29, 1.82) is 0 Å². The average Bonchev–Trinajstić information content (AvgIpc) is 3.48. The minimum Gasteiger partial charge on any atom is -0.493 e. The molecule has 1 aromatic heterocycles. The molecule has 3 rings (SSSR count). The number of carbonyl (C=O) groups excluding carboxylic acids is 1. The van der Waals surface area contributed by atoms with Crippen LogP contribution in [0, 0.1) is 5.92 Å². The Kier molecular flexibility index (Phi) is 5.88. The SMILES string of the molecule is CCCCNC(=O)Oc1cn(CC2CC2)c(=O)c2cc(OC)c(OC)cc12. The van der Waals surface area contributed by atoms with Crippen LogP contribution in [0.2, 0.25) is 0 Å².